The molecule has 2 fully saturated rings. The predicted octanol–water partition coefficient (Wildman–Crippen LogP) is 2.29. The lowest BCUT2D eigenvalue weighted by molar-refractivity contribution is 0.156. The number of nitrogens with zero attached hydrogens (tertiary/aromatic N) is 3. The number of aromatic nitrogens is 1. The number of pyridine rings is 1. The van der Waals surface area contributed by atoms with Crippen LogP contribution in [0.25, 0.3) is 0 Å². The Morgan fingerprint density at radius 1 is 1.50 bits per heavy atom. The molecule has 6 nitrogen and oxygen atoms in total. The average molecular weight is 446 g/mol. The number of guanidine groups is 1. The van der Waals surface area contributed by atoms with Gasteiger partial charge in [0.05, 0.1) is 20.3 Å². The normalized spacial score (nSPS) is 23.4. The first kappa shape index (κ1) is 19.2. The second-order valence-corrected chi connectivity index (χ2v) is 6.32. The summed E-state index contributed by atoms with van der Waals surface area (Å²) in [5.41, 5.74) is 1.34. The molecule has 1 atom stereocenters. The quantitative estimate of drug-likeness (QED) is 0.437. The number of nitrogens with one attached hydrogen (secondary N) is 1. The van der Waals surface area contributed by atoms with Crippen molar-refractivity contribution < 1.29 is 9.47 Å². The van der Waals surface area contributed by atoms with Gasteiger partial charge in [-0.25, -0.2) is 9.98 Å². The van der Waals surface area contributed by atoms with Crippen LogP contribution < -0.4 is 10.1 Å². The first-order valence-corrected chi connectivity index (χ1v) is 8.35. The molecule has 1 aromatic heterocycles. The highest BCUT2D eigenvalue weighted by Crippen LogP contribution is 2.38. The molecule has 1 N–H and O–H groups in total. The standard InChI is InChI=1S/C17H26N4O2.HI/c1-3-18-16(20-11-14-5-4-8-19-15(14)22-2)21-9-6-17(12-21)7-10-23-13-17;/h4-5,8H,3,6-7,9-13H2,1-2H3,(H,18,20);1H. The van der Waals surface area contributed by atoms with Crippen molar-refractivity contribution in [1.29, 1.82) is 0 Å². The van der Waals surface area contributed by atoms with E-state index >= 15 is 0 Å². The van der Waals surface area contributed by atoms with Crippen molar-refractivity contribution in [2.75, 3.05) is 40.0 Å². The Bertz CT molecular complexity index is 561. The van der Waals surface area contributed by atoms with E-state index in [1.54, 1.807) is 13.3 Å². The van der Waals surface area contributed by atoms with Crippen molar-refractivity contribution in [2.24, 2.45) is 10.4 Å². The molecule has 3 heterocycles. The Balaban J connectivity index is 0.00000208. The molecule has 134 valence electrons. The van der Waals surface area contributed by atoms with Gasteiger partial charge in [0, 0.05) is 43.4 Å². The summed E-state index contributed by atoms with van der Waals surface area (Å²) in [5, 5.41) is 3.41. The molecule has 2 aliphatic rings. The van der Waals surface area contributed by atoms with Gasteiger partial charge < -0.3 is 19.7 Å². The van der Waals surface area contributed by atoms with Crippen molar-refractivity contribution >= 4 is 29.9 Å². The fourth-order valence-electron chi connectivity index (χ4n) is 3.40. The van der Waals surface area contributed by atoms with Crippen LogP contribution >= 0.6 is 24.0 Å². The number of hydrogen-bond acceptors (Lipinski definition) is 4. The van der Waals surface area contributed by atoms with Gasteiger partial charge in [-0.05, 0) is 25.8 Å². The van der Waals surface area contributed by atoms with Gasteiger partial charge in [-0.15, -0.1) is 24.0 Å². The average Bonchev–Trinajstić information content (AvgIpc) is 3.22. The third-order valence-electron chi connectivity index (χ3n) is 4.70. The van der Waals surface area contributed by atoms with Crippen LogP contribution in [0.15, 0.2) is 23.3 Å². The number of methoxy groups -OCH3 is 1. The molecule has 0 amide bonds. The summed E-state index contributed by atoms with van der Waals surface area (Å²) in [6, 6.07) is 3.93. The van der Waals surface area contributed by atoms with Gasteiger partial charge in [-0.3, -0.25) is 0 Å². The zero-order valence-corrected chi connectivity index (χ0v) is 16.8. The number of rotatable bonds is 4. The lowest BCUT2D eigenvalue weighted by Crippen LogP contribution is -2.41. The van der Waals surface area contributed by atoms with Crippen LogP contribution in [0.1, 0.15) is 25.3 Å². The molecule has 1 aromatic rings. The van der Waals surface area contributed by atoms with Gasteiger partial charge in [0.15, 0.2) is 5.96 Å². The predicted molar refractivity (Wildman–Crippen MR) is 105 cm³/mol. The lowest BCUT2D eigenvalue weighted by atomic mass is 9.87. The summed E-state index contributed by atoms with van der Waals surface area (Å²) in [6.45, 7) is 7.39. The second kappa shape index (κ2) is 8.84. The molecule has 3 rings (SSSR count). The summed E-state index contributed by atoms with van der Waals surface area (Å²) >= 11 is 0. The van der Waals surface area contributed by atoms with E-state index in [4.69, 9.17) is 14.5 Å². The highest BCUT2D eigenvalue weighted by atomic mass is 127. The lowest BCUT2D eigenvalue weighted by Gasteiger charge is -2.25. The van der Waals surface area contributed by atoms with Crippen molar-refractivity contribution in [1.82, 2.24) is 15.2 Å². The molecule has 0 radical (unpaired) electrons. The molecule has 2 aliphatic heterocycles. The molecular formula is C17H27IN4O2. The SMILES string of the molecule is CCNC(=NCc1cccnc1OC)N1CCC2(CCOC2)C1.I. The summed E-state index contributed by atoms with van der Waals surface area (Å²) in [6.07, 6.45) is 4.09. The third-order valence-corrected chi connectivity index (χ3v) is 4.70. The molecule has 0 aliphatic carbocycles. The number of ether oxygens (including phenoxy) is 2. The molecule has 1 spiro atoms. The molecule has 7 heteroatoms. The molecular weight excluding hydrogens is 419 g/mol. The molecule has 2 saturated heterocycles. The molecule has 0 bridgehead atoms. The van der Waals surface area contributed by atoms with E-state index in [1.807, 2.05) is 12.1 Å². The summed E-state index contributed by atoms with van der Waals surface area (Å²) in [7, 11) is 1.64. The fourth-order valence-corrected chi connectivity index (χ4v) is 3.40. The first-order valence-electron chi connectivity index (χ1n) is 8.35. The van der Waals surface area contributed by atoms with E-state index in [-0.39, 0.29) is 24.0 Å². The Kier molecular flexibility index (Phi) is 7.09. The third kappa shape index (κ3) is 4.30. The maximum atomic E-state index is 5.62. The van der Waals surface area contributed by atoms with Crippen molar-refractivity contribution in [3.63, 3.8) is 0 Å². The van der Waals surface area contributed by atoms with Gasteiger partial charge in [0.2, 0.25) is 5.88 Å². The van der Waals surface area contributed by atoms with E-state index in [0.717, 1.165) is 44.4 Å². The van der Waals surface area contributed by atoms with Crippen molar-refractivity contribution in [3.8, 4) is 5.88 Å². The Morgan fingerprint density at radius 3 is 3.08 bits per heavy atom. The number of likely N-dealkylation sites (tertiary alicyclic amines) is 1. The van der Waals surface area contributed by atoms with E-state index in [0.29, 0.717) is 17.8 Å². The smallest absolute Gasteiger partial charge is 0.218 e. The van der Waals surface area contributed by atoms with E-state index < -0.39 is 0 Å². The van der Waals surface area contributed by atoms with Crippen LogP contribution in [0.3, 0.4) is 0 Å². The Hall–Kier alpha value is -1.09. The zero-order valence-electron chi connectivity index (χ0n) is 14.5. The first-order chi connectivity index (χ1) is 11.3. The minimum absolute atomic E-state index is 0. The van der Waals surface area contributed by atoms with Crippen molar-refractivity contribution in [2.45, 2.75) is 26.3 Å². The van der Waals surface area contributed by atoms with Crippen LogP contribution in [0, 0.1) is 5.41 Å². The van der Waals surface area contributed by atoms with Gasteiger partial charge in [0.25, 0.3) is 0 Å². The minimum Gasteiger partial charge on any atom is -0.481 e. The van der Waals surface area contributed by atoms with Crippen LogP contribution in [-0.2, 0) is 11.3 Å². The molecule has 0 saturated carbocycles. The highest BCUT2D eigenvalue weighted by Gasteiger charge is 2.42. The Labute approximate surface area is 161 Å². The Morgan fingerprint density at radius 2 is 2.38 bits per heavy atom. The monoisotopic (exact) mass is 446 g/mol. The topological polar surface area (TPSA) is 59.0 Å². The molecule has 0 aromatic carbocycles. The maximum absolute atomic E-state index is 5.62. The van der Waals surface area contributed by atoms with Crippen LogP contribution in [0.4, 0.5) is 0 Å². The second-order valence-electron chi connectivity index (χ2n) is 6.32. The minimum atomic E-state index is 0. The number of hydrogen-bond donors (Lipinski definition) is 1. The number of halogens is 1. The maximum Gasteiger partial charge on any atom is 0.218 e. The summed E-state index contributed by atoms with van der Waals surface area (Å²) in [5.74, 6) is 1.62. The summed E-state index contributed by atoms with van der Waals surface area (Å²) in [4.78, 5) is 11.4. The van der Waals surface area contributed by atoms with Gasteiger partial charge >= 0.3 is 0 Å². The van der Waals surface area contributed by atoms with Gasteiger partial charge in [-0.1, -0.05) is 6.07 Å². The van der Waals surface area contributed by atoms with Gasteiger partial charge in [0.1, 0.15) is 0 Å². The molecule has 1 unspecified atom stereocenters. The van der Waals surface area contributed by atoms with Crippen molar-refractivity contribution in [3.05, 3.63) is 23.9 Å². The highest BCUT2D eigenvalue weighted by molar-refractivity contribution is 14.0. The number of aliphatic imine (C=N–C) groups is 1. The van der Waals surface area contributed by atoms with Crippen LogP contribution in [0.5, 0.6) is 5.88 Å². The van der Waals surface area contributed by atoms with E-state index in [2.05, 4.69) is 22.1 Å². The largest absolute Gasteiger partial charge is 0.481 e. The van der Waals surface area contributed by atoms with E-state index in [9.17, 15) is 0 Å². The van der Waals surface area contributed by atoms with E-state index in [1.165, 1.54) is 12.8 Å². The molecule has 24 heavy (non-hydrogen) atoms. The summed E-state index contributed by atoms with van der Waals surface area (Å²) < 4.78 is 10.9. The van der Waals surface area contributed by atoms with Crippen LogP contribution in [0.2, 0.25) is 0 Å². The van der Waals surface area contributed by atoms with Crippen LogP contribution in [-0.4, -0.2) is 55.8 Å². The van der Waals surface area contributed by atoms with Gasteiger partial charge in [-0.2, -0.15) is 0 Å². The fraction of sp³-hybridized carbons (Fsp3) is 0.647. The zero-order chi connectivity index (χ0) is 16.1.